The van der Waals surface area contributed by atoms with Gasteiger partial charge in [0.1, 0.15) is 5.82 Å². The summed E-state index contributed by atoms with van der Waals surface area (Å²) in [5.41, 5.74) is 2.47. The third-order valence-corrected chi connectivity index (χ3v) is 3.55. The molecule has 0 N–H and O–H groups in total. The van der Waals surface area contributed by atoms with Gasteiger partial charge < -0.3 is 4.90 Å². The molecule has 1 nitrogen and oxygen atoms in total. The molecule has 0 bridgehead atoms. The normalized spacial score (nSPS) is 10.5. The van der Waals surface area contributed by atoms with Crippen molar-refractivity contribution in [3.8, 4) is 0 Å². The molecule has 0 aliphatic heterocycles. The summed E-state index contributed by atoms with van der Waals surface area (Å²) in [7, 11) is 1.88. The lowest BCUT2D eigenvalue weighted by Crippen LogP contribution is -2.17. The molecular formula is C15H14Cl2FN. The average molecular weight is 298 g/mol. The molecule has 100 valence electrons. The first-order valence-corrected chi connectivity index (χ1v) is 6.82. The van der Waals surface area contributed by atoms with Gasteiger partial charge in [-0.25, -0.2) is 4.39 Å². The molecule has 19 heavy (non-hydrogen) atoms. The van der Waals surface area contributed by atoms with Crippen LogP contribution in [0.15, 0.2) is 42.5 Å². The zero-order chi connectivity index (χ0) is 13.8. The Morgan fingerprint density at radius 3 is 2.53 bits per heavy atom. The van der Waals surface area contributed by atoms with Gasteiger partial charge in [0.25, 0.3) is 0 Å². The van der Waals surface area contributed by atoms with Crippen LogP contribution in [0.2, 0.25) is 5.02 Å². The fraction of sp³-hybridized carbons (Fsp3) is 0.200. The van der Waals surface area contributed by atoms with Gasteiger partial charge in [0.2, 0.25) is 0 Å². The highest BCUT2D eigenvalue weighted by Gasteiger charge is 2.09. The molecule has 0 unspecified atom stereocenters. The molecule has 0 radical (unpaired) electrons. The Balaban J connectivity index is 2.21. The smallest absolute Gasteiger partial charge is 0.128 e. The van der Waals surface area contributed by atoms with Crippen molar-refractivity contribution in [2.24, 2.45) is 0 Å². The van der Waals surface area contributed by atoms with E-state index in [4.69, 9.17) is 23.2 Å². The Morgan fingerprint density at radius 1 is 1.16 bits per heavy atom. The van der Waals surface area contributed by atoms with Gasteiger partial charge in [-0.3, -0.25) is 0 Å². The summed E-state index contributed by atoms with van der Waals surface area (Å²) in [6.07, 6.45) is 0. The molecule has 0 fully saturated rings. The summed E-state index contributed by atoms with van der Waals surface area (Å²) >= 11 is 12.0. The maximum Gasteiger partial charge on any atom is 0.128 e. The van der Waals surface area contributed by atoms with Crippen LogP contribution in [-0.4, -0.2) is 7.05 Å². The summed E-state index contributed by atoms with van der Waals surface area (Å²) in [6, 6.07) is 12.4. The summed E-state index contributed by atoms with van der Waals surface area (Å²) < 4.78 is 13.6. The number of benzene rings is 2. The standard InChI is InChI=1S/C15H14Cl2FN/c1-19(10-12-4-2-3-5-14(12)18)15-7-6-11(9-16)8-13(15)17/h2-8H,9-10H2,1H3. The van der Waals surface area contributed by atoms with Gasteiger partial charge in [-0.1, -0.05) is 35.9 Å². The SMILES string of the molecule is CN(Cc1ccccc1F)c1ccc(CCl)cc1Cl. The number of anilines is 1. The van der Waals surface area contributed by atoms with Crippen LogP contribution in [0, 0.1) is 5.82 Å². The minimum absolute atomic E-state index is 0.206. The van der Waals surface area contributed by atoms with Gasteiger partial charge in [0.05, 0.1) is 10.7 Å². The molecule has 0 spiro atoms. The largest absolute Gasteiger partial charge is 0.369 e. The maximum absolute atomic E-state index is 13.6. The Kier molecular flexibility index (Phi) is 4.67. The van der Waals surface area contributed by atoms with Gasteiger partial charge in [-0.15, -0.1) is 11.6 Å². The first-order valence-electron chi connectivity index (χ1n) is 5.90. The Bertz CT molecular complexity index is 572. The van der Waals surface area contributed by atoms with E-state index in [1.807, 2.05) is 36.2 Å². The summed E-state index contributed by atoms with van der Waals surface area (Å²) in [5, 5.41) is 0.622. The summed E-state index contributed by atoms with van der Waals surface area (Å²) in [5.74, 6) is 0.222. The van der Waals surface area contributed by atoms with Crippen molar-refractivity contribution in [1.82, 2.24) is 0 Å². The third-order valence-electron chi connectivity index (χ3n) is 2.94. The Labute approximate surface area is 122 Å². The predicted molar refractivity (Wildman–Crippen MR) is 79.5 cm³/mol. The van der Waals surface area contributed by atoms with Crippen LogP contribution in [0.1, 0.15) is 11.1 Å². The van der Waals surface area contributed by atoms with E-state index in [0.29, 0.717) is 23.0 Å². The van der Waals surface area contributed by atoms with Crippen molar-refractivity contribution in [3.05, 3.63) is 64.4 Å². The maximum atomic E-state index is 13.6. The Morgan fingerprint density at radius 2 is 1.89 bits per heavy atom. The van der Waals surface area contributed by atoms with Crippen LogP contribution in [0.5, 0.6) is 0 Å². The molecule has 0 aromatic heterocycles. The van der Waals surface area contributed by atoms with Crippen molar-refractivity contribution < 1.29 is 4.39 Å². The van der Waals surface area contributed by atoms with Crippen LogP contribution in [0.4, 0.5) is 10.1 Å². The monoisotopic (exact) mass is 297 g/mol. The Hall–Kier alpha value is -1.25. The van der Waals surface area contributed by atoms with E-state index in [9.17, 15) is 4.39 Å². The molecule has 2 aromatic carbocycles. The molecule has 2 rings (SSSR count). The van der Waals surface area contributed by atoms with E-state index in [-0.39, 0.29) is 5.82 Å². The van der Waals surface area contributed by atoms with Gasteiger partial charge in [-0.2, -0.15) is 0 Å². The van der Waals surface area contributed by atoms with Crippen LogP contribution < -0.4 is 4.90 Å². The molecule has 0 atom stereocenters. The van der Waals surface area contributed by atoms with E-state index in [1.54, 1.807) is 12.1 Å². The molecular weight excluding hydrogens is 284 g/mol. The highest BCUT2D eigenvalue weighted by molar-refractivity contribution is 6.33. The topological polar surface area (TPSA) is 3.24 Å². The first kappa shape index (κ1) is 14.2. The first-order chi connectivity index (χ1) is 9.11. The quantitative estimate of drug-likeness (QED) is 0.729. The zero-order valence-electron chi connectivity index (χ0n) is 10.5. The minimum Gasteiger partial charge on any atom is -0.369 e. The van der Waals surface area contributed by atoms with Gasteiger partial charge in [-0.05, 0) is 23.8 Å². The lowest BCUT2D eigenvalue weighted by atomic mass is 10.1. The summed E-state index contributed by atoms with van der Waals surface area (Å²) in [4.78, 5) is 1.92. The van der Waals surface area contributed by atoms with Crippen molar-refractivity contribution >= 4 is 28.9 Å². The van der Waals surface area contributed by atoms with E-state index in [0.717, 1.165) is 11.3 Å². The second-order valence-corrected chi connectivity index (χ2v) is 5.04. The molecule has 0 aliphatic rings. The van der Waals surface area contributed by atoms with Crippen LogP contribution in [0.25, 0.3) is 0 Å². The number of halogens is 3. The van der Waals surface area contributed by atoms with E-state index in [2.05, 4.69) is 0 Å². The molecule has 4 heteroatoms. The highest BCUT2D eigenvalue weighted by Crippen LogP contribution is 2.28. The molecule has 0 heterocycles. The number of nitrogens with zero attached hydrogens (tertiary/aromatic N) is 1. The second kappa shape index (κ2) is 6.27. The lowest BCUT2D eigenvalue weighted by Gasteiger charge is -2.21. The second-order valence-electron chi connectivity index (χ2n) is 4.37. The van der Waals surface area contributed by atoms with Crippen LogP contribution >= 0.6 is 23.2 Å². The zero-order valence-corrected chi connectivity index (χ0v) is 12.0. The molecule has 0 amide bonds. The van der Waals surface area contributed by atoms with E-state index in [1.165, 1.54) is 6.07 Å². The molecule has 0 saturated heterocycles. The van der Waals surface area contributed by atoms with Crippen LogP contribution in [0.3, 0.4) is 0 Å². The predicted octanol–water partition coefficient (Wildman–Crippen LogP) is 4.85. The number of hydrogen-bond donors (Lipinski definition) is 0. The lowest BCUT2D eigenvalue weighted by molar-refractivity contribution is 0.608. The molecule has 0 aliphatic carbocycles. The third kappa shape index (κ3) is 3.40. The fourth-order valence-electron chi connectivity index (χ4n) is 1.91. The number of alkyl halides is 1. The minimum atomic E-state index is -0.206. The van der Waals surface area contributed by atoms with Gasteiger partial charge in [0, 0.05) is 25.0 Å². The van der Waals surface area contributed by atoms with E-state index < -0.39 is 0 Å². The summed E-state index contributed by atoms with van der Waals surface area (Å²) in [6.45, 7) is 0.465. The fourth-order valence-corrected chi connectivity index (χ4v) is 2.42. The average Bonchev–Trinajstić information content (AvgIpc) is 2.41. The van der Waals surface area contributed by atoms with Crippen molar-refractivity contribution in [1.29, 1.82) is 0 Å². The molecule has 0 saturated carbocycles. The molecule has 2 aromatic rings. The highest BCUT2D eigenvalue weighted by atomic mass is 35.5. The van der Waals surface area contributed by atoms with Crippen LogP contribution in [-0.2, 0) is 12.4 Å². The van der Waals surface area contributed by atoms with Crippen molar-refractivity contribution in [3.63, 3.8) is 0 Å². The van der Waals surface area contributed by atoms with Gasteiger partial charge >= 0.3 is 0 Å². The number of rotatable bonds is 4. The van der Waals surface area contributed by atoms with Gasteiger partial charge in [0.15, 0.2) is 0 Å². The van der Waals surface area contributed by atoms with Crippen molar-refractivity contribution in [2.45, 2.75) is 12.4 Å². The van der Waals surface area contributed by atoms with Crippen molar-refractivity contribution in [2.75, 3.05) is 11.9 Å². The van der Waals surface area contributed by atoms with E-state index >= 15 is 0 Å². The number of hydrogen-bond acceptors (Lipinski definition) is 1.